The third-order valence-electron chi connectivity index (χ3n) is 5.07. The van der Waals surface area contributed by atoms with Crippen LogP contribution in [0.3, 0.4) is 0 Å². The molecule has 33 heavy (non-hydrogen) atoms. The average Bonchev–Trinajstić information content (AvgIpc) is 3.25. The largest absolute Gasteiger partial charge is 0.497 e. The monoisotopic (exact) mass is 457 g/mol. The zero-order chi connectivity index (χ0) is 22.8. The molecule has 0 fully saturated rings. The summed E-state index contributed by atoms with van der Waals surface area (Å²) < 4.78 is 6.51. The van der Waals surface area contributed by atoms with E-state index in [1.165, 1.54) is 15.9 Å². The number of nitrogens with zero attached hydrogens (tertiary/aromatic N) is 3. The first-order valence-electron chi connectivity index (χ1n) is 10.2. The van der Waals surface area contributed by atoms with Crippen LogP contribution in [0.5, 0.6) is 5.75 Å². The molecule has 0 spiro atoms. The number of amides is 1. The molecule has 2 heterocycles. The molecular weight excluding hydrogens is 438 g/mol. The molecular formula is C24H19N5O3S. The number of ether oxygens (including phenoxy) is 1. The first-order chi connectivity index (χ1) is 16.1. The van der Waals surface area contributed by atoms with E-state index in [0.717, 1.165) is 11.3 Å². The van der Waals surface area contributed by atoms with Crippen molar-refractivity contribution < 1.29 is 9.53 Å². The second-order valence-corrected chi connectivity index (χ2v) is 8.23. The van der Waals surface area contributed by atoms with Crippen molar-refractivity contribution in [2.75, 3.05) is 12.4 Å². The van der Waals surface area contributed by atoms with Crippen LogP contribution in [0.2, 0.25) is 0 Å². The molecule has 2 N–H and O–H groups in total. The van der Waals surface area contributed by atoms with Gasteiger partial charge in [0.2, 0.25) is 10.1 Å². The number of para-hydroxylation sites is 1. The second-order valence-electron chi connectivity index (χ2n) is 7.28. The van der Waals surface area contributed by atoms with Gasteiger partial charge in [0.05, 0.1) is 18.0 Å². The zero-order valence-corrected chi connectivity index (χ0v) is 18.4. The van der Waals surface area contributed by atoms with E-state index in [-0.39, 0.29) is 11.5 Å². The Labute approximate surface area is 192 Å². The summed E-state index contributed by atoms with van der Waals surface area (Å²) in [5, 5.41) is 11.5. The fourth-order valence-corrected chi connectivity index (χ4v) is 4.25. The Bertz CT molecular complexity index is 1540. The maximum atomic E-state index is 12.7. The number of benzene rings is 3. The minimum absolute atomic E-state index is 0.199. The van der Waals surface area contributed by atoms with Crippen LogP contribution in [0.25, 0.3) is 15.9 Å². The lowest BCUT2D eigenvalue weighted by Gasteiger charge is -2.08. The second kappa shape index (κ2) is 8.71. The molecule has 0 atom stereocenters. The predicted molar refractivity (Wildman–Crippen MR) is 129 cm³/mol. The van der Waals surface area contributed by atoms with Gasteiger partial charge in [0.15, 0.2) is 0 Å². The van der Waals surface area contributed by atoms with Crippen molar-refractivity contribution in [3.8, 4) is 5.75 Å². The Morgan fingerprint density at radius 2 is 1.91 bits per heavy atom. The highest BCUT2D eigenvalue weighted by atomic mass is 32.1. The summed E-state index contributed by atoms with van der Waals surface area (Å²) >= 11 is 1.26. The topological polar surface area (TPSA) is 97.6 Å². The molecule has 0 bridgehead atoms. The molecule has 164 valence electrons. The van der Waals surface area contributed by atoms with Crippen molar-refractivity contribution >= 4 is 43.9 Å². The van der Waals surface area contributed by atoms with E-state index in [0.29, 0.717) is 38.8 Å². The Morgan fingerprint density at radius 3 is 2.79 bits per heavy atom. The van der Waals surface area contributed by atoms with Crippen LogP contribution in [-0.2, 0) is 6.54 Å². The Kier molecular flexibility index (Phi) is 5.45. The molecule has 0 saturated heterocycles. The molecule has 0 radical (unpaired) electrons. The number of carbonyl (C=O) groups is 1. The lowest BCUT2D eigenvalue weighted by atomic mass is 10.1. The van der Waals surface area contributed by atoms with Crippen LogP contribution in [0.4, 0.5) is 10.8 Å². The molecule has 2 aromatic heterocycles. The predicted octanol–water partition coefficient (Wildman–Crippen LogP) is 3.99. The van der Waals surface area contributed by atoms with Gasteiger partial charge in [-0.15, -0.1) is 5.10 Å². The van der Waals surface area contributed by atoms with Gasteiger partial charge in [0.25, 0.3) is 11.5 Å². The summed E-state index contributed by atoms with van der Waals surface area (Å²) in [6.07, 6.45) is 0. The number of methoxy groups -OCH3 is 1. The number of hydrogen-bond acceptors (Lipinski definition) is 7. The molecule has 5 rings (SSSR count). The standard InChI is InChI=1S/C24H19N5O3S/c1-32-18-9-4-6-15(12-18)14-25-21(30)16-7-5-8-17(13-16)26-23-28-29-22(31)19-10-2-3-11-20(19)27-24(29)33-23/h2-13H,14H2,1H3,(H,25,30)(H,26,28). The lowest BCUT2D eigenvalue weighted by molar-refractivity contribution is 0.0951. The van der Waals surface area contributed by atoms with Crippen LogP contribution >= 0.6 is 11.3 Å². The van der Waals surface area contributed by atoms with Gasteiger partial charge in [-0.05, 0) is 48.0 Å². The molecule has 3 aromatic carbocycles. The number of rotatable bonds is 6. The summed E-state index contributed by atoms with van der Waals surface area (Å²) in [7, 11) is 1.61. The fraction of sp³-hybridized carbons (Fsp3) is 0.0833. The van der Waals surface area contributed by atoms with E-state index in [1.807, 2.05) is 36.4 Å². The molecule has 0 aliphatic heterocycles. The summed E-state index contributed by atoms with van der Waals surface area (Å²) in [5.41, 5.74) is 2.54. The van der Waals surface area contributed by atoms with Gasteiger partial charge in [-0.25, -0.2) is 4.98 Å². The highest BCUT2D eigenvalue weighted by Crippen LogP contribution is 2.23. The summed E-state index contributed by atoms with van der Waals surface area (Å²) in [4.78, 5) is 30.4. The van der Waals surface area contributed by atoms with E-state index >= 15 is 0 Å². The molecule has 9 heteroatoms. The van der Waals surface area contributed by atoms with Crippen molar-refractivity contribution in [1.29, 1.82) is 0 Å². The molecule has 0 saturated carbocycles. The van der Waals surface area contributed by atoms with E-state index in [9.17, 15) is 9.59 Å². The first kappa shape index (κ1) is 20.7. The fourth-order valence-electron chi connectivity index (χ4n) is 3.43. The average molecular weight is 458 g/mol. The molecule has 8 nitrogen and oxygen atoms in total. The van der Waals surface area contributed by atoms with Crippen molar-refractivity contribution in [1.82, 2.24) is 19.9 Å². The Hall–Kier alpha value is -4.24. The van der Waals surface area contributed by atoms with E-state index in [4.69, 9.17) is 4.74 Å². The zero-order valence-electron chi connectivity index (χ0n) is 17.6. The maximum absolute atomic E-state index is 12.7. The molecule has 0 aliphatic carbocycles. The van der Waals surface area contributed by atoms with E-state index in [1.54, 1.807) is 43.5 Å². The van der Waals surface area contributed by atoms with Gasteiger partial charge in [-0.3, -0.25) is 9.59 Å². The van der Waals surface area contributed by atoms with Crippen LogP contribution in [0, 0.1) is 0 Å². The van der Waals surface area contributed by atoms with Gasteiger partial charge < -0.3 is 15.4 Å². The molecule has 0 aliphatic rings. The minimum Gasteiger partial charge on any atom is -0.497 e. The van der Waals surface area contributed by atoms with Crippen LogP contribution in [0.1, 0.15) is 15.9 Å². The van der Waals surface area contributed by atoms with Gasteiger partial charge >= 0.3 is 0 Å². The summed E-state index contributed by atoms with van der Waals surface area (Å²) in [6.45, 7) is 0.383. The van der Waals surface area contributed by atoms with Gasteiger partial charge in [-0.1, -0.05) is 41.7 Å². The molecule has 5 aromatic rings. The van der Waals surface area contributed by atoms with Crippen molar-refractivity contribution in [2.45, 2.75) is 6.54 Å². The number of hydrogen-bond donors (Lipinski definition) is 2. The molecule has 0 unspecified atom stereocenters. The normalized spacial score (nSPS) is 10.9. The number of nitrogens with one attached hydrogen (secondary N) is 2. The quantitative estimate of drug-likeness (QED) is 0.400. The first-order valence-corrected chi connectivity index (χ1v) is 11.0. The number of anilines is 2. The lowest BCUT2D eigenvalue weighted by Crippen LogP contribution is -2.22. The van der Waals surface area contributed by atoms with Crippen molar-refractivity contribution in [3.63, 3.8) is 0 Å². The van der Waals surface area contributed by atoms with Crippen LogP contribution < -0.4 is 20.9 Å². The van der Waals surface area contributed by atoms with Crippen LogP contribution in [0.15, 0.2) is 77.6 Å². The number of carbonyl (C=O) groups excluding carboxylic acids is 1. The Balaban J connectivity index is 1.34. The Morgan fingerprint density at radius 1 is 1.06 bits per heavy atom. The van der Waals surface area contributed by atoms with Crippen LogP contribution in [-0.4, -0.2) is 27.6 Å². The number of fused-ring (bicyclic) bond motifs is 2. The third kappa shape index (κ3) is 4.26. The summed E-state index contributed by atoms with van der Waals surface area (Å²) in [5.74, 6) is 0.542. The summed E-state index contributed by atoms with van der Waals surface area (Å²) in [6, 6.07) is 21.8. The van der Waals surface area contributed by atoms with E-state index < -0.39 is 0 Å². The van der Waals surface area contributed by atoms with Crippen molar-refractivity contribution in [2.24, 2.45) is 0 Å². The maximum Gasteiger partial charge on any atom is 0.283 e. The van der Waals surface area contributed by atoms with Gasteiger partial charge in [0.1, 0.15) is 5.75 Å². The third-order valence-corrected chi connectivity index (χ3v) is 5.89. The number of aromatic nitrogens is 3. The van der Waals surface area contributed by atoms with Crippen molar-refractivity contribution in [3.05, 3.63) is 94.3 Å². The smallest absolute Gasteiger partial charge is 0.283 e. The molecule has 1 amide bonds. The van der Waals surface area contributed by atoms with E-state index in [2.05, 4.69) is 20.7 Å². The highest BCUT2D eigenvalue weighted by molar-refractivity contribution is 7.20. The van der Waals surface area contributed by atoms with Gasteiger partial charge in [0, 0.05) is 17.8 Å². The highest BCUT2D eigenvalue weighted by Gasteiger charge is 2.12. The van der Waals surface area contributed by atoms with Gasteiger partial charge in [-0.2, -0.15) is 4.52 Å². The minimum atomic E-state index is -0.217. The SMILES string of the molecule is COc1cccc(CNC(=O)c2cccc(Nc3nn4c(=O)c5ccccc5nc4s3)c2)c1.